The van der Waals surface area contributed by atoms with Gasteiger partial charge in [0.1, 0.15) is 5.76 Å². The molecule has 3 N–H and O–H groups in total. The van der Waals surface area contributed by atoms with E-state index in [0.29, 0.717) is 18.0 Å². The lowest BCUT2D eigenvalue weighted by Crippen LogP contribution is -2.27. The Morgan fingerprint density at radius 2 is 2.44 bits per heavy atom. The largest absolute Gasteiger partial charge is 0.467 e. The summed E-state index contributed by atoms with van der Waals surface area (Å²) in [5, 5.41) is 6.90. The van der Waals surface area contributed by atoms with Crippen molar-refractivity contribution in [1.82, 2.24) is 15.1 Å². The Labute approximate surface area is 105 Å². The SMILES string of the molecule is CCn1cc(N)c(C(=O)NC(C)c2ccco2)n1. The van der Waals surface area contributed by atoms with Crippen LogP contribution in [-0.2, 0) is 6.54 Å². The van der Waals surface area contributed by atoms with Crippen molar-refractivity contribution in [1.29, 1.82) is 0 Å². The molecule has 0 aromatic carbocycles. The molecule has 96 valence electrons. The minimum atomic E-state index is -0.302. The molecular formula is C12H16N4O2. The average molecular weight is 248 g/mol. The maximum Gasteiger partial charge on any atom is 0.274 e. The first-order valence-electron chi connectivity index (χ1n) is 5.79. The quantitative estimate of drug-likeness (QED) is 0.859. The number of aromatic nitrogens is 2. The summed E-state index contributed by atoms with van der Waals surface area (Å²) in [4.78, 5) is 12.0. The fourth-order valence-corrected chi connectivity index (χ4v) is 1.65. The Hall–Kier alpha value is -2.24. The van der Waals surface area contributed by atoms with Crippen LogP contribution < -0.4 is 11.1 Å². The molecule has 18 heavy (non-hydrogen) atoms. The molecule has 2 aromatic rings. The summed E-state index contributed by atoms with van der Waals surface area (Å²) in [5.41, 5.74) is 6.37. The standard InChI is InChI=1S/C12H16N4O2/c1-3-16-7-9(13)11(15-16)12(17)14-8(2)10-5-4-6-18-10/h4-8H,3,13H2,1-2H3,(H,14,17). The molecule has 2 rings (SSSR count). The zero-order valence-corrected chi connectivity index (χ0v) is 10.4. The molecule has 0 aliphatic rings. The maximum atomic E-state index is 12.0. The summed E-state index contributed by atoms with van der Waals surface area (Å²) in [5.74, 6) is 0.389. The minimum Gasteiger partial charge on any atom is -0.467 e. The molecule has 1 atom stereocenters. The van der Waals surface area contributed by atoms with E-state index in [0.717, 1.165) is 0 Å². The number of nitrogens with one attached hydrogen (secondary N) is 1. The first-order valence-corrected chi connectivity index (χ1v) is 5.79. The number of hydrogen-bond acceptors (Lipinski definition) is 4. The lowest BCUT2D eigenvalue weighted by Gasteiger charge is -2.10. The summed E-state index contributed by atoms with van der Waals surface area (Å²) in [6.07, 6.45) is 3.21. The number of carbonyl (C=O) groups is 1. The molecule has 0 spiro atoms. The molecule has 1 unspecified atom stereocenters. The van der Waals surface area contributed by atoms with Gasteiger partial charge in [-0.3, -0.25) is 9.48 Å². The Morgan fingerprint density at radius 1 is 1.67 bits per heavy atom. The van der Waals surface area contributed by atoms with Crippen molar-refractivity contribution in [2.24, 2.45) is 0 Å². The number of nitrogens with zero attached hydrogens (tertiary/aromatic N) is 2. The highest BCUT2D eigenvalue weighted by atomic mass is 16.3. The first-order chi connectivity index (χ1) is 8.61. The zero-order valence-electron chi connectivity index (χ0n) is 10.4. The van der Waals surface area contributed by atoms with Crippen molar-refractivity contribution >= 4 is 11.6 Å². The van der Waals surface area contributed by atoms with Gasteiger partial charge in [0, 0.05) is 12.7 Å². The summed E-state index contributed by atoms with van der Waals surface area (Å²) >= 11 is 0. The molecule has 2 heterocycles. The number of anilines is 1. The van der Waals surface area contributed by atoms with Gasteiger partial charge in [0.2, 0.25) is 0 Å². The number of nitrogen functional groups attached to an aromatic ring is 1. The van der Waals surface area contributed by atoms with Crippen LogP contribution in [-0.4, -0.2) is 15.7 Å². The number of aryl methyl sites for hydroxylation is 1. The Balaban J connectivity index is 2.09. The third-order valence-electron chi connectivity index (χ3n) is 2.65. The molecule has 2 aromatic heterocycles. The summed E-state index contributed by atoms with van der Waals surface area (Å²) in [7, 11) is 0. The zero-order chi connectivity index (χ0) is 13.1. The molecule has 0 aliphatic heterocycles. The van der Waals surface area contributed by atoms with Gasteiger partial charge in [0.05, 0.1) is 18.0 Å². The molecule has 0 radical (unpaired) electrons. The lowest BCUT2D eigenvalue weighted by molar-refractivity contribution is 0.0930. The lowest BCUT2D eigenvalue weighted by atomic mass is 10.2. The van der Waals surface area contributed by atoms with Gasteiger partial charge in [-0.1, -0.05) is 0 Å². The Morgan fingerprint density at radius 3 is 3.00 bits per heavy atom. The van der Waals surface area contributed by atoms with E-state index in [2.05, 4.69) is 10.4 Å². The fourth-order valence-electron chi connectivity index (χ4n) is 1.65. The van der Waals surface area contributed by atoms with Crippen LogP contribution in [0.15, 0.2) is 29.0 Å². The predicted octanol–water partition coefficient (Wildman–Crippen LogP) is 1.57. The fraction of sp³-hybridized carbons (Fsp3) is 0.333. The number of carbonyl (C=O) groups excluding carboxylic acids is 1. The van der Waals surface area contributed by atoms with E-state index in [-0.39, 0.29) is 17.6 Å². The second kappa shape index (κ2) is 4.95. The highest BCUT2D eigenvalue weighted by molar-refractivity contribution is 5.97. The molecule has 1 amide bonds. The first kappa shape index (κ1) is 12.2. The van der Waals surface area contributed by atoms with Gasteiger partial charge in [-0.25, -0.2) is 0 Å². The number of furan rings is 1. The van der Waals surface area contributed by atoms with E-state index in [4.69, 9.17) is 10.2 Å². The van der Waals surface area contributed by atoms with Crippen LogP contribution in [0.1, 0.15) is 36.1 Å². The van der Waals surface area contributed by atoms with Crippen molar-refractivity contribution in [3.8, 4) is 0 Å². The van der Waals surface area contributed by atoms with Gasteiger partial charge in [0.25, 0.3) is 5.91 Å². The monoisotopic (exact) mass is 248 g/mol. The maximum absolute atomic E-state index is 12.0. The van der Waals surface area contributed by atoms with Crippen molar-refractivity contribution in [2.75, 3.05) is 5.73 Å². The van der Waals surface area contributed by atoms with E-state index in [1.165, 1.54) is 0 Å². The normalized spacial score (nSPS) is 12.3. The summed E-state index contributed by atoms with van der Waals surface area (Å²) in [6.45, 7) is 4.44. The Bertz CT molecular complexity index is 530. The van der Waals surface area contributed by atoms with Gasteiger partial charge < -0.3 is 15.5 Å². The average Bonchev–Trinajstić information content (AvgIpc) is 2.97. The summed E-state index contributed by atoms with van der Waals surface area (Å²) in [6, 6.07) is 3.36. The van der Waals surface area contributed by atoms with E-state index in [1.54, 1.807) is 29.3 Å². The molecule has 6 nitrogen and oxygen atoms in total. The van der Waals surface area contributed by atoms with Gasteiger partial charge in [-0.05, 0) is 26.0 Å². The van der Waals surface area contributed by atoms with Gasteiger partial charge >= 0.3 is 0 Å². The number of rotatable bonds is 4. The highest BCUT2D eigenvalue weighted by Gasteiger charge is 2.18. The van der Waals surface area contributed by atoms with Crippen LogP contribution in [0, 0.1) is 0 Å². The molecule has 6 heteroatoms. The number of hydrogen-bond donors (Lipinski definition) is 2. The number of amides is 1. The second-order valence-corrected chi connectivity index (χ2v) is 4.00. The number of nitrogens with two attached hydrogens (primary N) is 1. The summed E-state index contributed by atoms with van der Waals surface area (Å²) < 4.78 is 6.84. The topological polar surface area (TPSA) is 86.1 Å². The second-order valence-electron chi connectivity index (χ2n) is 4.00. The van der Waals surface area contributed by atoms with E-state index >= 15 is 0 Å². The van der Waals surface area contributed by atoms with Gasteiger partial charge in [-0.2, -0.15) is 5.10 Å². The van der Waals surface area contributed by atoms with E-state index in [9.17, 15) is 4.79 Å². The van der Waals surface area contributed by atoms with Crippen LogP contribution in [0.3, 0.4) is 0 Å². The van der Waals surface area contributed by atoms with Crippen LogP contribution >= 0.6 is 0 Å². The molecular weight excluding hydrogens is 232 g/mol. The van der Waals surface area contributed by atoms with E-state index < -0.39 is 0 Å². The van der Waals surface area contributed by atoms with Gasteiger partial charge in [0.15, 0.2) is 5.69 Å². The van der Waals surface area contributed by atoms with Crippen molar-refractivity contribution < 1.29 is 9.21 Å². The third kappa shape index (κ3) is 2.37. The molecule has 0 aliphatic carbocycles. The van der Waals surface area contributed by atoms with Crippen LogP contribution in [0.25, 0.3) is 0 Å². The van der Waals surface area contributed by atoms with Crippen molar-refractivity contribution in [2.45, 2.75) is 26.4 Å². The highest BCUT2D eigenvalue weighted by Crippen LogP contribution is 2.15. The van der Waals surface area contributed by atoms with Crippen molar-refractivity contribution in [3.05, 3.63) is 36.0 Å². The minimum absolute atomic E-state index is 0.223. The predicted molar refractivity (Wildman–Crippen MR) is 66.9 cm³/mol. The van der Waals surface area contributed by atoms with Gasteiger partial charge in [-0.15, -0.1) is 0 Å². The third-order valence-corrected chi connectivity index (χ3v) is 2.65. The molecule has 0 saturated carbocycles. The van der Waals surface area contributed by atoms with Crippen molar-refractivity contribution in [3.63, 3.8) is 0 Å². The Kier molecular flexibility index (Phi) is 3.36. The van der Waals surface area contributed by atoms with Crippen LogP contribution in [0.2, 0.25) is 0 Å². The molecule has 0 bridgehead atoms. The van der Waals surface area contributed by atoms with E-state index in [1.807, 2.05) is 13.8 Å². The van der Waals surface area contributed by atoms with Crippen LogP contribution in [0.5, 0.6) is 0 Å². The molecule has 0 saturated heterocycles. The molecule has 0 fully saturated rings. The smallest absolute Gasteiger partial charge is 0.274 e. The van der Waals surface area contributed by atoms with Crippen LogP contribution in [0.4, 0.5) is 5.69 Å².